The van der Waals surface area contributed by atoms with Crippen molar-refractivity contribution in [1.29, 1.82) is 0 Å². The summed E-state index contributed by atoms with van der Waals surface area (Å²) in [6.07, 6.45) is 1.69. The third kappa shape index (κ3) is 3.39. The molecule has 0 saturated carbocycles. The number of rotatable bonds is 4. The Morgan fingerprint density at radius 1 is 1.50 bits per heavy atom. The van der Waals surface area contributed by atoms with E-state index in [2.05, 4.69) is 23.3 Å². The molecule has 0 aliphatic carbocycles. The minimum absolute atomic E-state index is 0.0104. The van der Waals surface area contributed by atoms with E-state index in [1.54, 1.807) is 11.3 Å². The maximum absolute atomic E-state index is 12.3. The molecule has 0 bridgehead atoms. The van der Waals surface area contributed by atoms with Crippen molar-refractivity contribution in [2.75, 3.05) is 26.3 Å². The quantitative estimate of drug-likeness (QED) is 0.942. The third-order valence-corrected chi connectivity index (χ3v) is 5.01. The van der Waals surface area contributed by atoms with Crippen molar-refractivity contribution in [3.8, 4) is 0 Å². The highest BCUT2D eigenvalue weighted by Crippen LogP contribution is 2.21. The number of urea groups is 1. The predicted octanol–water partition coefficient (Wildman–Crippen LogP) is 2.66. The standard InChI is InChI=1S/C16H21N3O2S/c1-2-12-11-21-10-9-19(12)16(20)17-8-7-15-18-13-5-3-4-6-14(13)22-15/h3-6,12H,2,7-11H2,1H3,(H,17,20). The van der Waals surface area contributed by atoms with E-state index in [1.165, 1.54) is 4.70 Å². The number of ether oxygens (including phenoxy) is 1. The van der Waals surface area contributed by atoms with Gasteiger partial charge in [-0.25, -0.2) is 9.78 Å². The van der Waals surface area contributed by atoms with Gasteiger partial charge in [0, 0.05) is 19.5 Å². The molecular formula is C16H21N3O2S. The van der Waals surface area contributed by atoms with Crippen molar-refractivity contribution in [2.24, 2.45) is 0 Å². The summed E-state index contributed by atoms with van der Waals surface area (Å²) in [6, 6.07) is 8.32. The van der Waals surface area contributed by atoms with Crippen molar-refractivity contribution in [1.82, 2.24) is 15.2 Å². The first-order chi connectivity index (χ1) is 10.8. The van der Waals surface area contributed by atoms with Gasteiger partial charge < -0.3 is 15.0 Å². The molecule has 0 spiro atoms. The molecule has 6 heteroatoms. The van der Waals surface area contributed by atoms with E-state index in [0.717, 1.165) is 23.4 Å². The molecule has 1 aliphatic rings. The summed E-state index contributed by atoms with van der Waals surface area (Å²) in [7, 11) is 0. The topological polar surface area (TPSA) is 54.5 Å². The number of morpholine rings is 1. The van der Waals surface area contributed by atoms with E-state index >= 15 is 0 Å². The lowest BCUT2D eigenvalue weighted by atomic mass is 10.2. The third-order valence-electron chi connectivity index (χ3n) is 3.91. The summed E-state index contributed by atoms with van der Waals surface area (Å²) in [5.41, 5.74) is 1.04. The number of amides is 2. The second-order valence-corrected chi connectivity index (χ2v) is 6.50. The largest absolute Gasteiger partial charge is 0.377 e. The van der Waals surface area contributed by atoms with Gasteiger partial charge in [-0.05, 0) is 18.6 Å². The zero-order valence-electron chi connectivity index (χ0n) is 12.7. The first kappa shape index (κ1) is 15.2. The molecule has 1 fully saturated rings. The van der Waals surface area contributed by atoms with E-state index in [-0.39, 0.29) is 12.1 Å². The summed E-state index contributed by atoms with van der Waals surface area (Å²) in [5, 5.41) is 4.07. The number of para-hydroxylation sites is 1. The molecule has 2 heterocycles. The number of aromatic nitrogens is 1. The SMILES string of the molecule is CCC1COCCN1C(=O)NCCc1nc2ccccc2s1. The molecule has 3 rings (SSSR count). The van der Waals surface area contributed by atoms with Gasteiger partial charge >= 0.3 is 6.03 Å². The van der Waals surface area contributed by atoms with Crippen LogP contribution in [-0.4, -0.2) is 48.3 Å². The molecule has 1 unspecified atom stereocenters. The predicted molar refractivity (Wildman–Crippen MR) is 88.3 cm³/mol. The van der Waals surface area contributed by atoms with Crippen molar-refractivity contribution in [3.05, 3.63) is 29.3 Å². The number of nitrogens with one attached hydrogen (secondary N) is 1. The summed E-state index contributed by atoms with van der Waals surface area (Å²) in [5.74, 6) is 0. The number of benzene rings is 1. The molecule has 5 nitrogen and oxygen atoms in total. The van der Waals surface area contributed by atoms with Crippen molar-refractivity contribution in [3.63, 3.8) is 0 Å². The fraction of sp³-hybridized carbons (Fsp3) is 0.500. The fourth-order valence-electron chi connectivity index (χ4n) is 2.67. The van der Waals surface area contributed by atoms with Crippen LogP contribution in [0.15, 0.2) is 24.3 Å². The first-order valence-corrected chi connectivity index (χ1v) is 8.56. The van der Waals surface area contributed by atoms with Gasteiger partial charge in [-0.3, -0.25) is 0 Å². The lowest BCUT2D eigenvalue weighted by molar-refractivity contribution is 0.0114. The van der Waals surface area contributed by atoms with Crippen LogP contribution in [0.5, 0.6) is 0 Å². The summed E-state index contributed by atoms with van der Waals surface area (Å²) < 4.78 is 6.63. The van der Waals surface area contributed by atoms with Gasteiger partial charge in [0.05, 0.1) is 34.5 Å². The molecule has 1 aromatic carbocycles. The van der Waals surface area contributed by atoms with E-state index < -0.39 is 0 Å². The molecular weight excluding hydrogens is 298 g/mol. The Balaban J connectivity index is 1.52. The molecule has 118 valence electrons. The highest BCUT2D eigenvalue weighted by Gasteiger charge is 2.25. The normalized spacial score (nSPS) is 18.6. The van der Waals surface area contributed by atoms with Gasteiger partial charge in [-0.15, -0.1) is 11.3 Å². The van der Waals surface area contributed by atoms with Gasteiger partial charge in [0.1, 0.15) is 0 Å². The number of carbonyl (C=O) groups is 1. The van der Waals surface area contributed by atoms with E-state index in [0.29, 0.717) is 26.3 Å². The Bertz CT molecular complexity index is 610. The number of fused-ring (bicyclic) bond motifs is 1. The van der Waals surface area contributed by atoms with Gasteiger partial charge in [0.25, 0.3) is 0 Å². The average Bonchev–Trinajstić information content (AvgIpc) is 2.97. The van der Waals surface area contributed by atoms with Gasteiger partial charge in [0.2, 0.25) is 0 Å². The Morgan fingerprint density at radius 3 is 3.18 bits per heavy atom. The Hall–Kier alpha value is -1.66. The Morgan fingerprint density at radius 2 is 2.36 bits per heavy atom. The van der Waals surface area contributed by atoms with E-state index in [9.17, 15) is 4.79 Å². The van der Waals surface area contributed by atoms with Crippen LogP contribution in [0.4, 0.5) is 4.79 Å². The molecule has 1 saturated heterocycles. The molecule has 22 heavy (non-hydrogen) atoms. The van der Waals surface area contributed by atoms with E-state index in [1.807, 2.05) is 23.1 Å². The maximum atomic E-state index is 12.3. The average molecular weight is 319 g/mol. The molecule has 2 amide bonds. The first-order valence-electron chi connectivity index (χ1n) is 7.74. The molecule has 1 aromatic heterocycles. The Kier molecular flexibility index (Phi) is 4.90. The minimum Gasteiger partial charge on any atom is -0.377 e. The minimum atomic E-state index is 0.0104. The van der Waals surface area contributed by atoms with Crippen LogP contribution in [0.2, 0.25) is 0 Å². The number of hydrogen-bond acceptors (Lipinski definition) is 4. The van der Waals surface area contributed by atoms with E-state index in [4.69, 9.17) is 4.74 Å². The molecule has 1 atom stereocenters. The zero-order valence-corrected chi connectivity index (χ0v) is 13.6. The smallest absolute Gasteiger partial charge is 0.317 e. The highest BCUT2D eigenvalue weighted by molar-refractivity contribution is 7.18. The van der Waals surface area contributed by atoms with Crippen LogP contribution in [0, 0.1) is 0 Å². The van der Waals surface area contributed by atoms with Crippen LogP contribution >= 0.6 is 11.3 Å². The molecule has 1 N–H and O–H groups in total. The van der Waals surface area contributed by atoms with Gasteiger partial charge in [-0.2, -0.15) is 0 Å². The number of hydrogen-bond donors (Lipinski definition) is 1. The fourth-order valence-corrected chi connectivity index (χ4v) is 3.63. The Labute approximate surface area is 134 Å². The monoisotopic (exact) mass is 319 g/mol. The number of thiazole rings is 1. The van der Waals surface area contributed by atoms with Crippen molar-refractivity contribution < 1.29 is 9.53 Å². The van der Waals surface area contributed by atoms with Crippen molar-refractivity contribution in [2.45, 2.75) is 25.8 Å². The lowest BCUT2D eigenvalue weighted by Crippen LogP contribution is -2.52. The summed E-state index contributed by atoms with van der Waals surface area (Å²) in [4.78, 5) is 18.7. The second kappa shape index (κ2) is 7.07. The summed E-state index contributed by atoms with van der Waals surface area (Å²) in [6.45, 7) is 4.64. The number of nitrogens with zero attached hydrogens (tertiary/aromatic N) is 2. The molecule has 2 aromatic rings. The van der Waals surface area contributed by atoms with Crippen LogP contribution in [0.1, 0.15) is 18.4 Å². The van der Waals surface area contributed by atoms with Gasteiger partial charge in [0.15, 0.2) is 0 Å². The zero-order chi connectivity index (χ0) is 15.4. The second-order valence-electron chi connectivity index (χ2n) is 5.39. The van der Waals surface area contributed by atoms with Crippen LogP contribution in [0.25, 0.3) is 10.2 Å². The lowest BCUT2D eigenvalue weighted by Gasteiger charge is -2.35. The van der Waals surface area contributed by atoms with Crippen molar-refractivity contribution >= 4 is 27.6 Å². The van der Waals surface area contributed by atoms with Gasteiger partial charge in [-0.1, -0.05) is 19.1 Å². The van der Waals surface area contributed by atoms with Crippen LogP contribution < -0.4 is 5.32 Å². The maximum Gasteiger partial charge on any atom is 0.317 e. The van der Waals surface area contributed by atoms with Crippen LogP contribution in [-0.2, 0) is 11.2 Å². The molecule has 1 aliphatic heterocycles. The van der Waals surface area contributed by atoms with Crippen LogP contribution in [0.3, 0.4) is 0 Å². The highest BCUT2D eigenvalue weighted by atomic mass is 32.1. The molecule has 0 radical (unpaired) electrons. The summed E-state index contributed by atoms with van der Waals surface area (Å²) >= 11 is 1.69. The number of carbonyl (C=O) groups excluding carboxylic acids is 1.